The summed E-state index contributed by atoms with van der Waals surface area (Å²) in [5.41, 5.74) is 0. The lowest BCUT2D eigenvalue weighted by molar-refractivity contribution is -0.167. The fourth-order valence-electron chi connectivity index (χ4n) is 9.23. The molecule has 0 aliphatic heterocycles. The Morgan fingerprint density at radius 3 is 0.792 bits per heavy atom. The molecule has 1 unspecified atom stereocenters. The van der Waals surface area contributed by atoms with Crippen LogP contribution in [-0.4, -0.2) is 37.2 Å². The van der Waals surface area contributed by atoms with Gasteiger partial charge in [0.15, 0.2) is 6.10 Å². The molecule has 0 radical (unpaired) electrons. The van der Waals surface area contributed by atoms with Gasteiger partial charge in [-0.3, -0.25) is 14.4 Å². The third kappa shape index (κ3) is 63.0. The average molecular weight is 1070 g/mol. The maximum Gasteiger partial charge on any atom is 0.306 e. The van der Waals surface area contributed by atoms with Crippen molar-refractivity contribution in [3.63, 3.8) is 0 Å². The summed E-state index contributed by atoms with van der Waals surface area (Å²) >= 11 is 0. The molecule has 0 rings (SSSR count). The molecule has 0 N–H and O–H groups in total. The van der Waals surface area contributed by atoms with Crippen LogP contribution in [0.2, 0.25) is 0 Å². The Morgan fingerprint density at radius 1 is 0.273 bits per heavy atom. The van der Waals surface area contributed by atoms with Gasteiger partial charge in [0, 0.05) is 19.3 Å². The van der Waals surface area contributed by atoms with E-state index in [1.54, 1.807) is 0 Å². The van der Waals surface area contributed by atoms with Gasteiger partial charge in [-0.15, -0.1) is 0 Å². The Bertz CT molecular complexity index is 1510. The Labute approximate surface area is 477 Å². The monoisotopic (exact) mass is 1070 g/mol. The Morgan fingerprint density at radius 2 is 0.506 bits per heavy atom. The van der Waals surface area contributed by atoms with E-state index in [1.165, 1.54) is 154 Å². The lowest BCUT2D eigenvalue weighted by Crippen LogP contribution is -2.30. The van der Waals surface area contributed by atoms with Gasteiger partial charge in [-0.25, -0.2) is 0 Å². The predicted molar refractivity (Wildman–Crippen MR) is 334 cm³/mol. The molecule has 0 aromatic heterocycles. The highest BCUT2D eigenvalue weighted by Gasteiger charge is 2.19. The van der Waals surface area contributed by atoms with Crippen molar-refractivity contribution in [3.8, 4) is 0 Å². The van der Waals surface area contributed by atoms with Crippen LogP contribution in [0.15, 0.2) is 97.2 Å². The van der Waals surface area contributed by atoms with Crippen molar-refractivity contribution in [1.29, 1.82) is 0 Å². The smallest absolute Gasteiger partial charge is 0.306 e. The third-order valence-electron chi connectivity index (χ3n) is 14.1. The summed E-state index contributed by atoms with van der Waals surface area (Å²) in [6, 6.07) is 0. The van der Waals surface area contributed by atoms with Crippen molar-refractivity contribution in [2.45, 2.75) is 322 Å². The number of unbranched alkanes of at least 4 members (excludes halogenated alkanes) is 32. The third-order valence-corrected chi connectivity index (χ3v) is 14.1. The van der Waals surface area contributed by atoms with E-state index in [-0.39, 0.29) is 31.1 Å². The predicted octanol–water partition coefficient (Wildman–Crippen LogP) is 22.4. The molecule has 0 aromatic rings. The Balaban J connectivity index is 4.29. The van der Waals surface area contributed by atoms with Crippen LogP contribution in [0.5, 0.6) is 0 Å². The van der Waals surface area contributed by atoms with Gasteiger partial charge in [0.25, 0.3) is 0 Å². The van der Waals surface area contributed by atoms with E-state index in [2.05, 4.69) is 118 Å². The molecule has 0 fully saturated rings. The Kier molecular flexibility index (Phi) is 61.8. The maximum atomic E-state index is 12.9. The molecule has 6 heteroatoms. The van der Waals surface area contributed by atoms with Crippen LogP contribution >= 0.6 is 0 Å². The lowest BCUT2D eigenvalue weighted by Gasteiger charge is -2.18. The van der Waals surface area contributed by atoms with Crippen molar-refractivity contribution in [2.24, 2.45) is 0 Å². The molecule has 0 saturated carbocycles. The normalized spacial score (nSPS) is 12.7. The molecule has 77 heavy (non-hydrogen) atoms. The first-order valence-electron chi connectivity index (χ1n) is 32.7. The minimum atomic E-state index is -0.781. The van der Waals surface area contributed by atoms with Gasteiger partial charge in [0.1, 0.15) is 13.2 Å². The lowest BCUT2D eigenvalue weighted by atomic mass is 10.0. The average Bonchev–Trinajstić information content (AvgIpc) is 3.43. The number of carbonyl (C=O) groups excluding carboxylic acids is 3. The summed E-state index contributed by atoms with van der Waals surface area (Å²) in [5, 5.41) is 0. The molecule has 0 aliphatic rings. The highest BCUT2D eigenvalue weighted by molar-refractivity contribution is 5.71. The number of rotatable bonds is 59. The molecule has 0 heterocycles. The van der Waals surface area contributed by atoms with Gasteiger partial charge in [-0.05, 0) is 83.5 Å². The topological polar surface area (TPSA) is 78.9 Å². The second kappa shape index (κ2) is 64.9. The van der Waals surface area contributed by atoms with Crippen molar-refractivity contribution in [3.05, 3.63) is 97.2 Å². The summed E-state index contributed by atoms with van der Waals surface area (Å²) in [6.07, 6.45) is 87.0. The summed E-state index contributed by atoms with van der Waals surface area (Å²) in [5.74, 6) is -0.879. The van der Waals surface area contributed by atoms with E-state index in [0.29, 0.717) is 19.3 Å². The van der Waals surface area contributed by atoms with Crippen LogP contribution in [-0.2, 0) is 28.6 Å². The van der Waals surface area contributed by atoms with E-state index in [4.69, 9.17) is 14.2 Å². The molecule has 0 aromatic carbocycles. The number of hydrogen-bond donors (Lipinski definition) is 0. The van der Waals surface area contributed by atoms with E-state index in [0.717, 1.165) is 122 Å². The van der Waals surface area contributed by atoms with Crippen LogP contribution in [0, 0.1) is 0 Å². The number of hydrogen-bond acceptors (Lipinski definition) is 6. The molecule has 0 bridgehead atoms. The van der Waals surface area contributed by atoms with E-state index < -0.39 is 6.10 Å². The van der Waals surface area contributed by atoms with Gasteiger partial charge in [-0.1, -0.05) is 311 Å². The SMILES string of the molecule is CC/C=C\C/C=C\C/C=C\C/C=C\C/C=C\C/C=C\C/C=C\C/C=C\CCCCCCCCC(=O)OCC(COC(=O)CCCCCCCCCCCCCCCC)OC(=O)CCCCCCCCCCCCCCCC. The first-order valence-corrected chi connectivity index (χ1v) is 32.7. The fraction of sp³-hybridized carbons (Fsp3) is 0.732. The van der Waals surface area contributed by atoms with Gasteiger partial charge in [0.05, 0.1) is 0 Å². The van der Waals surface area contributed by atoms with Crippen LogP contribution in [0.1, 0.15) is 316 Å². The van der Waals surface area contributed by atoms with Gasteiger partial charge in [0.2, 0.25) is 0 Å². The van der Waals surface area contributed by atoms with Crippen molar-refractivity contribution in [2.75, 3.05) is 13.2 Å². The zero-order valence-corrected chi connectivity index (χ0v) is 50.7. The van der Waals surface area contributed by atoms with Crippen molar-refractivity contribution in [1.82, 2.24) is 0 Å². The van der Waals surface area contributed by atoms with E-state index in [1.807, 2.05) is 0 Å². The number of esters is 3. The van der Waals surface area contributed by atoms with Crippen molar-refractivity contribution < 1.29 is 28.6 Å². The van der Waals surface area contributed by atoms with Gasteiger partial charge in [-0.2, -0.15) is 0 Å². The van der Waals surface area contributed by atoms with Crippen molar-refractivity contribution >= 4 is 17.9 Å². The molecular formula is C71H122O6. The van der Waals surface area contributed by atoms with Crippen LogP contribution < -0.4 is 0 Å². The molecule has 0 saturated heterocycles. The van der Waals surface area contributed by atoms with E-state index in [9.17, 15) is 14.4 Å². The highest BCUT2D eigenvalue weighted by atomic mass is 16.6. The van der Waals surface area contributed by atoms with Crippen LogP contribution in [0.4, 0.5) is 0 Å². The molecule has 0 spiro atoms. The second-order valence-corrected chi connectivity index (χ2v) is 21.7. The van der Waals surface area contributed by atoms with Crippen LogP contribution in [0.25, 0.3) is 0 Å². The molecule has 0 amide bonds. The van der Waals surface area contributed by atoms with Gasteiger partial charge >= 0.3 is 17.9 Å². The number of carbonyl (C=O) groups is 3. The molecular weight excluding hydrogens is 949 g/mol. The standard InChI is InChI=1S/C71H122O6/c1-4-7-10-13-16-19-22-25-28-29-30-31-32-33-34-35-36-37-38-39-40-41-42-43-44-47-49-52-55-58-61-64-70(73)76-67-68(77-71(74)65-62-59-56-53-50-46-27-24-21-18-15-12-9-6-3)66-75-69(72)63-60-57-54-51-48-45-26-23-20-17-14-11-8-5-2/h7,10,16,19,25,28,30-31,33-34,36-37,39-40,42-43,68H,4-6,8-9,11-15,17-18,20-24,26-27,29,32,35,38,41,44-67H2,1-3H3/b10-7-,19-16-,28-25-,31-30-,34-33-,37-36-,40-39-,43-42-. The zero-order chi connectivity index (χ0) is 55.7. The van der Waals surface area contributed by atoms with E-state index >= 15 is 0 Å². The summed E-state index contributed by atoms with van der Waals surface area (Å²) in [4.78, 5) is 38.3. The number of ether oxygens (including phenoxy) is 3. The molecule has 6 nitrogen and oxygen atoms in total. The second-order valence-electron chi connectivity index (χ2n) is 21.7. The maximum absolute atomic E-state index is 12.9. The summed E-state index contributed by atoms with van der Waals surface area (Å²) in [7, 11) is 0. The number of allylic oxidation sites excluding steroid dienone is 16. The highest BCUT2D eigenvalue weighted by Crippen LogP contribution is 2.17. The minimum absolute atomic E-state index is 0.0772. The first-order chi connectivity index (χ1) is 38.0. The first kappa shape index (κ1) is 73.3. The largest absolute Gasteiger partial charge is 0.462 e. The minimum Gasteiger partial charge on any atom is -0.462 e. The summed E-state index contributed by atoms with van der Waals surface area (Å²) < 4.78 is 16.9. The summed E-state index contributed by atoms with van der Waals surface area (Å²) in [6.45, 7) is 6.55. The quantitative estimate of drug-likeness (QED) is 0.0261. The fourth-order valence-corrected chi connectivity index (χ4v) is 9.23. The molecule has 0 aliphatic carbocycles. The zero-order valence-electron chi connectivity index (χ0n) is 50.7. The van der Waals surface area contributed by atoms with Gasteiger partial charge < -0.3 is 14.2 Å². The molecule has 1 atom stereocenters. The molecule has 442 valence electrons. The van der Waals surface area contributed by atoms with Crippen LogP contribution in [0.3, 0.4) is 0 Å². The Hall–Kier alpha value is -3.67.